The van der Waals surface area contributed by atoms with Crippen LogP contribution in [0.3, 0.4) is 0 Å². The molecule has 3 saturated heterocycles. The largest absolute Gasteiger partial charge is 0.490 e. The average Bonchev–Trinajstić information content (AvgIpc) is 2.93. The summed E-state index contributed by atoms with van der Waals surface area (Å²) in [5, 5.41) is 9.35. The van der Waals surface area contributed by atoms with E-state index in [4.69, 9.17) is 4.74 Å². The average molecular weight is 410 g/mol. The second-order valence-corrected chi connectivity index (χ2v) is 9.91. The number of nitrogens with zero attached hydrogens (tertiary/aromatic N) is 3. The van der Waals surface area contributed by atoms with Crippen molar-refractivity contribution in [3.05, 3.63) is 24.3 Å². The number of piperazine rings is 1. The first-order valence-corrected chi connectivity index (χ1v) is 11.6. The molecule has 3 heterocycles. The maximum absolute atomic E-state index is 11.6. The molecule has 0 aromatic heterocycles. The number of carboxylic acid groups (broad SMARTS) is 1. The van der Waals surface area contributed by atoms with Gasteiger partial charge in [0, 0.05) is 56.8 Å². The highest BCUT2D eigenvalue weighted by Gasteiger charge is 2.44. The highest BCUT2D eigenvalue weighted by atomic mass is 32.2. The Balaban J connectivity index is 1.33. The van der Waals surface area contributed by atoms with Crippen molar-refractivity contribution < 1.29 is 23.1 Å². The van der Waals surface area contributed by atoms with Gasteiger partial charge in [-0.3, -0.25) is 0 Å². The van der Waals surface area contributed by atoms with Gasteiger partial charge in [-0.15, -0.1) is 0 Å². The molecule has 1 amide bonds. The molecular weight excluding hydrogens is 382 g/mol. The summed E-state index contributed by atoms with van der Waals surface area (Å²) in [6.07, 6.45) is 3.84. The van der Waals surface area contributed by atoms with Gasteiger partial charge in [-0.2, -0.15) is 4.31 Å². The first-order chi connectivity index (χ1) is 13.3. The van der Waals surface area contributed by atoms with Crippen molar-refractivity contribution in [2.45, 2.75) is 43.9 Å². The van der Waals surface area contributed by atoms with E-state index in [1.165, 1.54) is 10.6 Å². The van der Waals surface area contributed by atoms with Crippen molar-refractivity contribution in [1.29, 1.82) is 0 Å². The number of fused-ring (bicyclic) bond motifs is 2. The fourth-order valence-electron chi connectivity index (χ4n) is 4.74. The van der Waals surface area contributed by atoms with Gasteiger partial charge in [-0.1, -0.05) is 0 Å². The summed E-state index contributed by atoms with van der Waals surface area (Å²) >= 11 is 0. The highest BCUT2D eigenvalue weighted by molar-refractivity contribution is 7.88. The van der Waals surface area contributed by atoms with Crippen LogP contribution in [0.2, 0.25) is 0 Å². The lowest BCUT2D eigenvalue weighted by atomic mass is 10.0. The van der Waals surface area contributed by atoms with Crippen LogP contribution in [0.25, 0.3) is 0 Å². The van der Waals surface area contributed by atoms with Crippen LogP contribution in [-0.4, -0.2) is 79.4 Å². The fourth-order valence-corrected chi connectivity index (χ4v) is 5.57. The molecule has 2 atom stereocenters. The molecule has 1 N–H and O–H groups in total. The van der Waals surface area contributed by atoms with E-state index in [0.29, 0.717) is 26.2 Å². The van der Waals surface area contributed by atoms with Gasteiger partial charge in [0.25, 0.3) is 0 Å². The molecule has 0 aliphatic carbocycles. The minimum Gasteiger partial charge on any atom is -0.490 e. The van der Waals surface area contributed by atoms with Crippen LogP contribution >= 0.6 is 0 Å². The Kier molecular flexibility index (Phi) is 5.13. The van der Waals surface area contributed by atoms with Gasteiger partial charge >= 0.3 is 6.09 Å². The maximum atomic E-state index is 11.6. The van der Waals surface area contributed by atoms with Gasteiger partial charge in [-0.25, -0.2) is 13.2 Å². The number of carbonyl (C=O) groups is 1. The number of hydrogen-bond acceptors (Lipinski definition) is 5. The quantitative estimate of drug-likeness (QED) is 0.816. The van der Waals surface area contributed by atoms with Gasteiger partial charge < -0.3 is 19.6 Å². The highest BCUT2D eigenvalue weighted by Crippen LogP contribution is 2.37. The van der Waals surface area contributed by atoms with Crippen molar-refractivity contribution in [2.24, 2.45) is 0 Å². The topological polar surface area (TPSA) is 90.4 Å². The Morgan fingerprint density at radius 3 is 2.11 bits per heavy atom. The Morgan fingerprint density at radius 1 is 1.04 bits per heavy atom. The van der Waals surface area contributed by atoms with Crippen molar-refractivity contribution >= 4 is 21.8 Å². The van der Waals surface area contributed by atoms with E-state index in [1.54, 1.807) is 4.90 Å². The lowest BCUT2D eigenvalue weighted by molar-refractivity contribution is 0.0496. The van der Waals surface area contributed by atoms with E-state index in [2.05, 4.69) is 4.90 Å². The zero-order valence-electron chi connectivity index (χ0n) is 16.0. The van der Waals surface area contributed by atoms with E-state index in [-0.39, 0.29) is 18.2 Å². The van der Waals surface area contributed by atoms with E-state index in [1.807, 2.05) is 24.3 Å². The SMILES string of the molecule is CS(=O)(=O)N1CCN(c2ccc(OC3CC4CCC(C3)N4C(=O)O)cc2)CC1. The van der Waals surface area contributed by atoms with Gasteiger partial charge in [0.2, 0.25) is 10.0 Å². The van der Waals surface area contributed by atoms with E-state index in [0.717, 1.165) is 37.1 Å². The number of ether oxygens (including phenoxy) is 1. The fraction of sp³-hybridized carbons (Fsp3) is 0.632. The van der Waals surface area contributed by atoms with Crippen LogP contribution in [0.15, 0.2) is 24.3 Å². The predicted octanol–water partition coefficient (Wildman–Crippen LogP) is 1.82. The molecule has 3 fully saturated rings. The molecule has 28 heavy (non-hydrogen) atoms. The maximum Gasteiger partial charge on any atom is 0.407 e. The third kappa shape index (κ3) is 3.91. The Bertz CT molecular complexity index is 806. The standard InChI is InChI=1S/C19H27N3O5S/c1-28(25,26)21-10-8-20(9-11-21)14-4-6-17(7-5-14)27-18-12-15-2-3-16(13-18)22(15)19(23)24/h4-7,15-16,18H,2-3,8-13H2,1H3,(H,23,24). The number of anilines is 1. The molecule has 3 aliphatic rings. The number of sulfonamides is 1. The summed E-state index contributed by atoms with van der Waals surface area (Å²) in [4.78, 5) is 15.2. The van der Waals surface area contributed by atoms with E-state index < -0.39 is 16.1 Å². The van der Waals surface area contributed by atoms with Crippen LogP contribution in [0.5, 0.6) is 5.75 Å². The zero-order chi connectivity index (χ0) is 19.9. The predicted molar refractivity (Wildman–Crippen MR) is 105 cm³/mol. The van der Waals surface area contributed by atoms with Gasteiger partial charge in [0.05, 0.1) is 6.26 Å². The number of piperidine rings is 1. The van der Waals surface area contributed by atoms with E-state index in [9.17, 15) is 18.3 Å². The minimum absolute atomic E-state index is 0.0530. The van der Waals surface area contributed by atoms with Crippen LogP contribution in [0.4, 0.5) is 10.5 Å². The number of benzene rings is 1. The monoisotopic (exact) mass is 409 g/mol. The molecule has 1 aromatic rings. The lowest BCUT2D eigenvalue weighted by Crippen LogP contribution is -2.48. The molecule has 154 valence electrons. The molecule has 1 aromatic carbocycles. The van der Waals surface area contributed by atoms with Gasteiger partial charge in [0.1, 0.15) is 11.9 Å². The third-order valence-corrected chi connectivity index (χ3v) is 7.43. The summed E-state index contributed by atoms with van der Waals surface area (Å²) in [7, 11) is -3.12. The number of hydrogen-bond donors (Lipinski definition) is 1. The number of amides is 1. The first-order valence-electron chi connectivity index (χ1n) is 9.79. The van der Waals surface area contributed by atoms with Crippen LogP contribution < -0.4 is 9.64 Å². The molecule has 0 radical (unpaired) electrons. The van der Waals surface area contributed by atoms with Crippen molar-refractivity contribution in [3.63, 3.8) is 0 Å². The Hall–Kier alpha value is -2.00. The molecule has 0 spiro atoms. The molecule has 8 nitrogen and oxygen atoms in total. The lowest BCUT2D eigenvalue weighted by Gasteiger charge is -2.37. The smallest absolute Gasteiger partial charge is 0.407 e. The summed E-state index contributed by atoms with van der Waals surface area (Å²) < 4.78 is 30.9. The van der Waals surface area contributed by atoms with Gasteiger partial charge in [-0.05, 0) is 37.1 Å². The van der Waals surface area contributed by atoms with E-state index >= 15 is 0 Å². The third-order valence-electron chi connectivity index (χ3n) is 6.12. The van der Waals surface area contributed by atoms with Crippen molar-refractivity contribution in [3.8, 4) is 5.75 Å². The summed E-state index contributed by atoms with van der Waals surface area (Å²) in [5.74, 6) is 0.798. The van der Waals surface area contributed by atoms with Gasteiger partial charge in [0.15, 0.2) is 0 Å². The van der Waals surface area contributed by atoms with Crippen LogP contribution in [0, 0.1) is 0 Å². The zero-order valence-corrected chi connectivity index (χ0v) is 16.8. The minimum atomic E-state index is -3.12. The molecule has 4 rings (SSSR count). The summed E-state index contributed by atoms with van der Waals surface area (Å²) in [5.41, 5.74) is 1.06. The second-order valence-electron chi connectivity index (χ2n) is 7.93. The molecule has 0 saturated carbocycles. The summed E-state index contributed by atoms with van der Waals surface area (Å²) in [6, 6.07) is 8.06. The molecule has 2 unspecified atom stereocenters. The summed E-state index contributed by atoms with van der Waals surface area (Å²) in [6.45, 7) is 2.35. The van der Waals surface area contributed by atoms with Crippen LogP contribution in [-0.2, 0) is 10.0 Å². The van der Waals surface area contributed by atoms with Crippen molar-refractivity contribution in [1.82, 2.24) is 9.21 Å². The molecule has 2 bridgehead atoms. The Labute approximate surface area is 165 Å². The Morgan fingerprint density at radius 2 is 1.61 bits per heavy atom. The van der Waals surface area contributed by atoms with Crippen molar-refractivity contribution in [2.75, 3.05) is 37.3 Å². The molecule has 3 aliphatic heterocycles. The second kappa shape index (κ2) is 7.44. The first kappa shape index (κ1) is 19.3. The normalized spacial score (nSPS) is 28.4. The molecular formula is C19H27N3O5S. The van der Waals surface area contributed by atoms with Crippen LogP contribution in [0.1, 0.15) is 25.7 Å². The number of rotatable bonds is 4. The molecule has 9 heteroatoms.